The van der Waals surface area contributed by atoms with Gasteiger partial charge in [-0.1, -0.05) is 23.7 Å². The molecule has 3 rings (SSSR count). The van der Waals surface area contributed by atoms with E-state index in [0.717, 1.165) is 11.3 Å². The normalized spacial score (nSPS) is 15.5. The van der Waals surface area contributed by atoms with Gasteiger partial charge in [0, 0.05) is 11.7 Å². The van der Waals surface area contributed by atoms with Gasteiger partial charge in [-0.25, -0.2) is 9.78 Å². The molecule has 1 amide bonds. The zero-order valence-corrected chi connectivity index (χ0v) is 12.7. The number of halogens is 1. The monoisotopic (exact) mass is 318 g/mol. The maximum atomic E-state index is 11.5. The predicted molar refractivity (Wildman–Crippen MR) is 84.2 cm³/mol. The number of cyclic esters (lactones) is 1. The summed E-state index contributed by atoms with van der Waals surface area (Å²) >= 11 is 5.82. The van der Waals surface area contributed by atoms with Crippen LogP contribution in [0.5, 0.6) is 0 Å². The minimum absolute atomic E-state index is 0.0346. The number of benzene rings is 1. The number of anilines is 2. The Morgan fingerprint density at radius 1 is 1.32 bits per heavy atom. The average Bonchev–Trinajstić information content (AvgIpc) is 2.93. The molecule has 0 bridgehead atoms. The number of carbonyl (C=O) groups excluding carboxylic acids is 1. The van der Waals surface area contributed by atoms with Crippen LogP contribution in [0.1, 0.15) is 18.5 Å². The van der Waals surface area contributed by atoms with Crippen LogP contribution in [-0.4, -0.2) is 29.2 Å². The third-order valence-corrected chi connectivity index (χ3v) is 3.62. The van der Waals surface area contributed by atoms with Crippen molar-refractivity contribution in [3.63, 3.8) is 0 Å². The Balaban J connectivity index is 1.70. The Hall–Kier alpha value is -2.34. The summed E-state index contributed by atoms with van der Waals surface area (Å²) in [6, 6.07) is 7.79. The first-order valence-corrected chi connectivity index (χ1v) is 7.29. The molecule has 6 nitrogen and oxygen atoms in total. The lowest BCUT2D eigenvalue weighted by Gasteiger charge is -2.17. The Bertz CT molecular complexity index is 677. The lowest BCUT2D eigenvalue weighted by Crippen LogP contribution is -2.23. The number of rotatable bonds is 4. The van der Waals surface area contributed by atoms with Crippen LogP contribution in [0.3, 0.4) is 0 Å². The fraction of sp³-hybridized carbons (Fsp3) is 0.267. The number of ether oxygens (including phenoxy) is 1. The summed E-state index contributed by atoms with van der Waals surface area (Å²) in [5.41, 5.74) is 1.90. The zero-order valence-electron chi connectivity index (χ0n) is 12.0. The number of hydrogen-bond acceptors (Lipinski definition) is 5. The fourth-order valence-electron chi connectivity index (χ4n) is 2.29. The molecule has 0 unspecified atom stereocenters. The first-order chi connectivity index (χ1) is 10.6. The summed E-state index contributed by atoms with van der Waals surface area (Å²) in [6.45, 7) is 3.04. The van der Waals surface area contributed by atoms with Gasteiger partial charge in [0.25, 0.3) is 0 Å². The van der Waals surface area contributed by atoms with Gasteiger partial charge in [-0.2, -0.15) is 0 Å². The third-order valence-electron chi connectivity index (χ3n) is 3.44. The minimum atomic E-state index is -0.298. The van der Waals surface area contributed by atoms with E-state index in [-0.39, 0.29) is 12.1 Å². The van der Waals surface area contributed by atoms with Crippen LogP contribution in [0.4, 0.5) is 16.3 Å². The van der Waals surface area contributed by atoms with Crippen molar-refractivity contribution in [1.29, 1.82) is 0 Å². The molecule has 0 aliphatic carbocycles. The second-order valence-corrected chi connectivity index (χ2v) is 5.34. The highest BCUT2D eigenvalue weighted by atomic mass is 35.5. The average molecular weight is 319 g/mol. The first-order valence-electron chi connectivity index (χ1n) is 6.92. The van der Waals surface area contributed by atoms with Crippen LogP contribution >= 0.6 is 11.6 Å². The molecule has 0 saturated carbocycles. The largest absolute Gasteiger partial charge is 0.447 e. The molecule has 114 valence electrons. The summed E-state index contributed by atoms with van der Waals surface area (Å²) < 4.78 is 4.93. The van der Waals surface area contributed by atoms with Crippen molar-refractivity contribution < 1.29 is 9.53 Å². The SMILES string of the molecule is C[C@H](Nc1cncc(Cl)n1)c1ccc(N2CCOC2=O)cc1. The molecule has 1 N–H and O–H groups in total. The maximum Gasteiger partial charge on any atom is 0.414 e. The molecule has 7 heteroatoms. The molecule has 0 radical (unpaired) electrons. The molecular weight excluding hydrogens is 304 g/mol. The number of nitrogens with zero attached hydrogens (tertiary/aromatic N) is 3. The lowest BCUT2D eigenvalue weighted by atomic mass is 10.1. The van der Waals surface area contributed by atoms with E-state index in [4.69, 9.17) is 16.3 Å². The molecule has 1 saturated heterocycles. The minimum Gasteiger partial charge on any atom is -0.447 e. The van der Waals surface area contributed by atoms with Crippen molar-refractivity contribution >= 4 is 29.2 Å². The number of amides is 1. The van der Waals surface area contributed by atoms with Gasteiger partial charge in [0.2, 0.25) is 0 Å². The van der Waals surface area contributed by atoms with Crippen molar-refractivity contribution in [2.24, 2.45) is 0 Å². The van der Waals surface area contributed by atoms with Crippen LogP contribution in [0.25, 0.3) is 0 Å². The molecule has 1 aliphatic heterocycles. The molecule has 2 aromatic rings. The van der Waals surface area contributed by atoms with Crippen LogP contribution in [0.2, 0.25) is 5.15 Å². The van der Waals surface area contributed by atoms with Crippen molar-refractivity contribution in [1.82, 2.24) is 9.97 Å². The number of nitrogens with one attached hydrogen (secondary N) is 1. The van der Waals surface area contributed by atoms with E-state index < -0.39 is 0 Å². The van der Waals surface area contributed by atoms with Gasteiger partial charge >= 0.3 is 6.09 Å². The van der Waals surface area contributed by atoms with Gasteiger partial charge in [0.15, 0.2) is 0 Å². The fourth-order valence-corrected chi connectivity index (χ4v) is 2.44. The molecule has 0 spiro atoms. The van der Waals surface area contributed by atoms with Gasteiger partial charge < -0.3 is 10.1 Å². The van der Waals surface area contributed by atoms with Gasteiger partial charge in [0.05, 0.1) is 18.9 Å². The van der Waals surface area contributed by atoms with E-state index in [1.807, 2.05) is 31.2 Å². The smallest absolute Gasteiger partial charge is 0.414 e. The number of hydrogen-bond donors (Lipinski definition) is 1. The van der Waals surface area contributed by atoms with Gasteiger partial charge in [-0.05, 0) is 24.6 Å². The van der Waals surface area contributed by atoms with Crippen LogP contribution in [-0.2, 0) is 4.74 Å². The van der Waals surface area contributed by atoms with Gasteiger partial charge in [0.1, 0.15) is 17.6 Å². The van der Waals surface area contributed by atoms with E-state index in [1.165, 1.54) is 6.20 Å². The topological polar surface area (TPSA) is 67.3 Å². The molecule has 1 aromatic heterocycles. The molecule has 2 heterocycles. The summed E-state index contributed by atoms with van der Waals surface area (Å²) in [4.78, 5) is 21.3. The number of carbonyl (C=O) groups is 1. The standard InChI is InChI=1S/C15H15ClN4O2/c1-10(18-14-9-17-8-13(16)19-14)11-2-4-12(5-3-11)20-6-7-22-15(20)21/h2-5,8-10H,6-7H2,1H3,(H,18,19)/t10-/m0/s1. The van der Waals surface area contributed by atoms with E-state index in [1.54, 1.807) is 11.1 Å². The summed E-state index contributed by atoms with van der Waals surface area (Å²) in [7, 11) is 0. The second-order valence-electron chi connectivity index (χ2n) is 4.95. The van der Waals surface area contributed by atoms with Crippen molar-refractivity contribution in [2.45, 2.75) is 13.0 Å². The molecule has 22 heavy (non-hydrogen) atoms. The summed E-state index contributed by atoms with van der Waals surface area (Å²) in [6.07, 6.45) is 2.81. The molecule has 1 atom stereocenters. The van der Waals surface area contributed by atoms with E-state index in [0.29, 0.717) is 24.1 Å². The lowest BCUT2D eigenvalue weighted by molar-refractivity contribution is 0.181. The Morgan fingerprint density at radius 2 is 2.09 bits per heavy atom. The van der Waals surface area contributed by atoms with E-state index >= 15 is 0 Å². The first kappa shape index (κ1) is 14.6. The summed E-state index contributed by atoms with van der Waals surface area (Å²) in [5.74, 6) is 0.618. The van der Waals surface area contributed by atoms with Crippen molar-refractivity contribution in [2.75, 3.05) is 23.4 Å². The van der Waals surface area contributed by atoms with Gasteiger partial charge in [-0.3, -0.25) is 9.88 Å². The highest BCUT2D eigenvalue weighted by molar-refractivity contribution is 6.29. The highest BCUT2D eigenvalue weighted by Crippen LogP contribution is 2.23. The summed E-state index contributed by atoms with van der Waals surface area (Å²) in [5, 5.41) is 3.58. The number of aromatic nitrogens is 2. The van der Waals surface area contributed by atoms with Crippen LogP contribution in [0, 0.1) is 0 Å². The van der Waals surface area contributed by atoms with Gasteiger partial charge in [-0.15, -0.1) is 0 Å². The predicted octanol–water partition coefficient (Wildman–Crippen LogP) is 3.26. The second kappa shape index (κ2) is 6.19. The van der Waals surface area contributed by atoms with Crippen LogP contribution < -0.4 is 10.2 Å². The molecule has 1 aromatic carbocycles. The Labute approximate surface area is 133 Å². The highest BCUT2D eigenvalue weighted by Gasteiger charge is 2.23. The Morgan fingerprint density at radius 3 is 2.73 bits per heavy atom. The zero-order chi connectivity index (χ0) is 15.5. The van der Waals surface area contributed by atoms with Crippen LogP contribution in [0.15, 0.2) is 36.7 Å². The molecular formula is C15H15ClN4O2. The molecule has 1 aliphatic rings. The van der Waals surface area contributed by atoms with E-state index in [9.17, 15) is 4.79 Å². The third kappa shape index (κ3) is 3.12. The Kier molecular flexibility index (Phi) is 4.11. The maximum absolute atomic E-state index is 11.5. The van der Waals surface area contributed by atoms with Crippen molar-refractivity contribution in [3.8, 4) is 0 Å². The molecule has 1 fully saturated rings. The van der Waals surface area contributed by atoms with Crippen molar-refractivity contribution in [3.05, 3.63) is 47.4 Å². The quantitative estimate of drug-likeness (QED) is 0.937. The van der Waals surface area contributed by atoms with E-state index in [2.05, 4.69) is 15.3 Å².